The maximum Gasteiger partial charge on any atom is 0.309 e. The monoisotopic (exact) mass is 375 g/mol. The van der Waals surface area contributed by atoms with Gasteiger partial charge in [-0.3, -0.25) is 14.4 Å². The zero-order chi connectivity index (χ0) is 18.9. The van der Waals surface area contributed by atoms with Crippen molar-refractivity contribution < 1.29 is 23.9 Å². The Morgan fingerprint density at radius 2 is 1.73 bits per heavy atom. The van der Waals surface area contributed by atoms with E-state index in [2.05, 4.69) is 5.32 Å². The van der Waals surface area contributed by atoms with Crippen molar-refractivity contribution in [1.29, 1.82) is 0 Å². The second kappa shape index (κ2) is 9.58. The predicted octanol–water partition coefficient (Wildman–Crippen LogP) is 3.49. The molecule has 1 amide bonds. The molecule has 6 nitrogen and oxygen atoms in total. The molecule has 1 N–H and O–H groups in total. The molecule has 0 heterocycles. The molecule has 0 aliphatic carbocycles. The molecule has 0 bridgehead atoms. The van der Waals surface area contributed by atoms with Crippen LogP contribution in [0, 0.1) is 0 Å². The number of hydrogen-bond donors (Lipinski definition) is 1. The van der Waals surface area contributed by atoms with Gasteiger partial charge in [-0.05, 0) is 43.3 Å². The van der Waals surface area contributed by atoms with Gasteiger partial charge in [0.2, 0.25) is 0 Å². The second-order valence-corrected chi connectivity index (χ2v) is 5.77. The Kier molecular flexibility index (Phi) is 7.17. The van der Waals surface area contributed by atoms with Gasteiger partial charge in [0.15, 0.2) is 12.4 Å². The molecule has 0 aromatic heterocycles. The molecule has 136 valence electrons. The van der Waals surface area contributed by atoms with Crippen LogP contribution in [0.1, 0.15) is 23.7 Å². The van der Waals surface area contributed by atoms with Gasteiger partial charge in [-0.2, -0.15) is 0 Å². The Morgan fingerprint density at radius 1 is 1.04 bits per heavy atom. The number of carbonyl (C=O) groups excluding carboxylic acids is 3. The molecule has 2 rings (SSSR count). The molecule has 0 aliphatic heterocycles. The number of ether oxygens (including phenoxy) is 2. The number of hydrogen-bond acceptors (Lipinski definition) is 5. The average Bonchev–Trinajstić information content (AvgIpc) is 2.62. The Hall–Kier alpha value is -2.86. The van der Waals surface area contributed by atoms with Gasteiger partial charge in [0, 0.05) is 5.56 Å². The van der Waals surface area contributed by atoms with Crippen LogP contribution in [0.2, 0.25) is 5.02 Å². The number of ketones is 1. The quantitative estimate of drug-likeness (QED) is 0.564. The lowest BCUT2D eigenvalue weighted by Gasteiger charge is -2.09. The van der Waals surface area contributed by atoms with Crippen LogP contribution in [0.25, 0.3) is 0 Å². The summed E-state index contributed by atoms with van der Waals surface area (Å²) < 4.78 is 10.3. The highest BCUT2D eigenvalue weighted by atomic mass is 35.5. The Bertz CT molecular complexity index is 789. The SMILES string of the molecule is CC(=O)c1ccc(OCCC(=O)OCC(=O)Nc2ccccc2Cl)cc1. The van der Waals surface area contributed by atoms with Crippen LogP contribution in [0.4, 0.5) is 5.69 Å². The second-order valence-electron chi connectivity index (χ2n) is 5.37. The maximum absolute atomic E-state index is 11.7. The molecule has 7 heteroatoms. The van der Waals surface area contributed by atoms with Crippen molar-refractivity contribution in [3.8, 4) is 5.75 Å². The number of rotatable bonds is 8. The third kappa shape index (κ3) is 6.22. The molecule has 26 heavy (non-hydrogen) atoms. The van der Waals surface area contributed by atoms with Crippen molar-refractivity contribution in [2.24, 2.45) is 0 Å². The number of para-hydroxylation sites is 1. The van der Waals surface area contributed by atoms with E-state index in [0.717, 1.165) is 0 Å². The summed E-state index contributed by atoms with van der Waals surface area (Å²) in [6, 6.07) is 13.4. The van der Waals surface area contributed by atoms with Crippen LogP contribution in [0.3, 0.4) is 0 Å². The topological polar surface area (TPSA) is 81.7 Å². The Balaban J connectivity index is 1.68. The van der Waals surface area contributed by atoms with Gasteiger partial charge in [-0.15, -0.1) is 0 Å². The molecular formula is C19H18ClNO5. The van der Waals surface area contributed by atoms with Gasteiger partial charge in [0.1, 0.15) is 5.75 Å². The van der Waals surface area contributed by atoms with E-state index in [4.69, 9.17) is 21.1 Å². The highest BCUT2D eigenvalue weighted by Crippen LogP contribution is 2.20. The standard InChI is InChI=1S/C19H18ClNO5/c1-13(22)14-6-8-15(9-7-14)25-11-10-19(24)26-12-18(23)21-17-5-3-2-4-16(17)20/h2-9H,10-12H2,1H3,(H,21,23). The maximum atomic E-state index is 11.7. The fraction of sp³-hybridized carbons (Fsp3) is 0.211. The summed E-state index contributed by atoms with van der Waals surface area (Å²) in [5, 5.41) is 2.95. The third-order valence-electron chi connectivity index (χ3n) is 3.35. The predicted molar refractivity (Wildman–Crippen MR) is 97.6 cm³/mol. The first-order chi connectivity index (χ1) is 12.5. The van der Waals surface area contributed by atoms with Gasteiger partial charge in [-0.1, -0.05) is 23.7 Å². The van der Waals surface area contributed by atoms with Crippen molar-refractivity contribution in [2.75, 3.05) is 18.5 Å². The van der Waals surface area contributed by atoms with Gasteiger partial charge in [-0.25, -0.2) is 0 Å². The Morgan fingerprint density at radius 3 is 2.38 bits per heavy atom. The molecule has 0 saturated carbocycles. The summed E-state index contributed by atoms with van der Waals surface area (Å²) in [5.41, 5.74) is 1.04. The summed E-state index contributed by atoms with van der Waals surface area (Å²) >= 11 is 5.93. The number of anilines is 1. The number of nitrogens with one attached hydrogen (secondary N) is 1. The summed E-state index contributed by atoms with van der Waals surface area (Å²) in [7, 11) is 0. The van der Waals surface area contributed by atoms with Crippen LogP contribution in [0.15, 0.2) is 48.5 Å². The number of amides is 1. The first kappa shape index (κ1) is 19.5. The lowest BCUT2D eigenvalue weighted by molar-refractivity contribution is -0.147. The van der Waals surface area contributed by atoms with Gasteiger partial charge in [0.25, 0.3) is 5.91 Å². The minimum absolute atomic E-state index is 0.00612. The normalized spacial score (nSPS) is 10.1. The molecule has 0 fully saturated rings. The zero-order valence-corrected chi connectivity index (χ0v) is 14.9. The van der Waals surface area contributed by atoms with Crippen molar-refractivity contribution in [1.82, 2.24) is 0 Å². The number of esters is 1. The van der Waals surface area contributed by atoms with Gasteiger partial charge in [0.05, 0.1) is 23.7 Å². The van der Waals surface area contributed by atoms with E-state index in [-0.39, 0.29) is 18.8 Å². The molecule has 0 radical (unpaired) electrons. The molecule has 2 aromatic carbocycles. The first-order valence-electron chi connectivity index (χ1n) is 7.89. The Labute approximate surface area is 156 Å². The smallest absolute Gasteiger partial charge is 0.309 e. The van der Waals surface area contributed by atoms with E-state index in [0.29, 0.717) is 22.0 Å². The number of benzene rings is 2. The van der Waals surface area contributed by atoms with E-state index in [9.17, 15) is 14.4 Å². The van der Waals surface area contributed by atoms with E-state index in [1.165, 1.54) is 6.92 Å². The van der Waals surface area contributed by atoms with E-state index >= 15 is 0 Å². The summed E-state index contributed by atoms with van der Waals surface area (Å²) in [5.74, 6) is -0.527. The number of Topliss-reactive ketones (excluding diaryl/α,β-unsaturated/α-hetero) is 1. The van der Waals surface area contributed by atoms with Crippen LogP contribution in [-0.4, -0.2) is 30.9 Å². The average molecular weight is 376 g/mol. The minimum Gasteiger partial charge on any atom is -0.493 e. The number of halogens is 1. The molecule has 0 atom stereocenters. The summed E-state index contributed by atoms with van der Waals surface area (Å²) in [4.78, 5) is 34.6. The van der Waals surface area contributed by atoms with Crippen LogP contribution < -0.4 is 10.1 Å². The summed E-state index contributed by atoms with van der Waals surface area (Å²) in [6.07, 6.45) is -0.00612. The minimum atomic E-state index is -0.556. The van der Waals surface area contributed by atoms with E-state index < -0.39 is 18.5 Å². The van der Waals surface area contributed by atoms with E-state index in [1.54, 1.807) is 48.5 Å². The van der Waals surface area contributed by atoms with Gasteiger partial charge < -0.3 is 14.8 Å². The highest BCUT2D eigenvalue weighted by Gasteiger charge is 2.10. The van der Waals surface area contributed by atoms with Crippen LogP contribution >= 0.6 is 11.6 Å². The fourth-order valence-corrected chi connectivity index (χ4v) is 2.19. The zero-order valence-electron chi connectivity index (χ0n) is 14.2. The molecule has 0 saturated heterocycles. The van der Waals surface area contributed by atoms with Crippen LogP contribution in [0.5, 0.6) is 5.75 Å². The van der Waals surface area contributed by atoms with Gasteiger partial charge >= 0.3 is 5.97 Å². The van der Waals surface area contributed by atoms with Crippen molar-refractivity contribution in [3.05, 3.63) is 59.1 Å². The summed E-state index contributed by atoms with van der Waals surface area (Å²) in [6.45, 7) is 1.18. The third-order valence-corrected chi connectivity index (χ3v) is 3.68. The first-order valence-corrected chi connectivity index (χ1v) is 8.27. The fourth-order valence-electron chi connectivity index (χ4n) is 2.01. The lowest BCUT2D eigenvalue weighted by Crippen LogP contribution is -2.21. The molecule has 0 aliphatic rings. The highest BCUT2D eigenvalue weighted by molar-refractivity contribution is 6.33. The van der Waals surface area contributed by atoms with Crippen molar-refractivity contribution in [2.45, 2.75) is 13.3 Å². The lowest BCUT2D eigenvalue weighted by atomic mass is 10.1. The molecular weight excluding hydrogens is 358 g/mol. The van der Waals surface area contributed by atoms with E-state index in [1.807, 2.05) is 0 Å². The molecule has 0 spiro atoms. The molecule has 2 aromatic rings. The molecule has 0 unspecified atom stereocenters. The number of carbonyl (C=O) groups is 3. The van der Waals surface area contributed by atoms with Crippen molar-refractivity contribution >= 4 is 34.9 Å². The largest absolute Gasteiger partial charge is 0.493 e. The van der Waals surface area contributed by atoms with Crippen LogP contribution in [-0.2, 0) is 14.3 Å². The van der Waals surface area contributed by atoms with Crippen molar-refractivity contribution in [3.63, 3.8) is 0 Å².